The van der Waals surface area contributed by atoms with E-state index >= 15 is 0 Å². The molecule has 0 radical (unpaired) electrons. The molecule has 6 heteroatoms. The second-order valence-electron chi connectivity index (χ2n) is 5.48. The molecule has 0 saturated carbocycles. The Hall–Kier alpha value is -3.41. The lowest BCUT2D eigenvalue weighted by Gasteiger charge is -2.11. The highest BCUT2D eigenvalue weighted by Crippen LogP contribution is 2.21. The first-order valence-corrected chi connectivity index (χ1v) is 7.64. The van der Waals surface area contributed by atoms with Gasteiger partial charge in [0.05, 0.1) is 11.9 Å². The lowest BCUT2D eigenvalue weighted by atomic mass is 10.3. The molecule has 0 bridgehead atoms. The fourth-order valence-electron chi connectivity index (χ4n) is 2.42. The van der Waals surface area contributed by atoms with E-state index in [0.717, 1.165) is 33.8 Å². The van der Waals surface area contributed by atoms with Gasteiger partial charge >= 0.3 is 0 Å². The molecule has 118 valence electrons. The largest absolute Gasteiger partial charge is 0.346 e. The molecule has 3 aromatic heterocycles. The van der Waals surface area contributed by atoms with Gasteiger partial charge in [0.1, 0.15) is 11.5 Å². The molecule has 24 heavy (non-hydrogen) atoms. The predicted octanol–water partition coefficient (Wildman–Crippen LogP) is 4.15. The average molecular weight is 316 g/mol. The van der Waals surface area contributed by atoms with Crippen molar-refractivity contribution in [2.45, 2.75) is 6.92 Å². The molecule has 0 spiro atoms. The number of fused-ring (bicyclic) bond motifs is 1. The number of nitrogens with one attached hydrogen (secondary N) is 3. The zero-order valence-corrected chi connectivity index (χ0v) is 13.1. The molecule has 0 aliphatic carbocycles. The third-order valence-electron chi connectivity index (χ3n) is 3.66. The number of nitrogens with zero attached hydrogens (tertiary/aromatic N) is 3. The summed E-state index contributed by atoms with van der Waals surface area (Å²) in [5.41, 5.74) is 3.66. The first-order valence-electron chi connectivity index (χ1n) is 7.64. The molecule has 0 unspecified atom stereocenters. The Morgan fingerprint density at radius 2 is 1.79 bits per heavy atom. The number of pyridine rings is 1. The summed E-state index contributed by atoms with van der Waals surface area (Å²) in [4.78, 5) is 16.3. The van der Waals surface area contributed by atoms with E-state index in [1.165, 1.54) is 0 Å². The van der Waals surface area contributed by atoms with Crippen molar-refractivity contribution in [2.75, 3.05) is 10.6 Å². The van der Waals surface area contributed by atoms with Crippen LogP contribution in [-0.2, 0) is 0 Å². The highest BCUT2D eigenvalue weighted by Gasteiger charge is 2.06. The third kappa shape index (κ3) is 2.89. The van der Waals surface area contributed by atoms with Crippen molar-refractivity contribution in [3.63, 3.8) is 0 Å². The van der Waals surface area contributed by atoms with E-state index < -0.39 is 0 Å². The number of aromatic amines is 1. The molecule has 0 fully saturated rings. The standard InChI is InChI=1S/C18H16N6/c1-12-10-21-18(24-16(12)22-14-5-3-2-4-6-14)23-15-9-13-7-8-19-17(13)20-11-15/h2-11H,1H3,(H,19,20)(H2,21,22,23,24). The van der Waals surface area contributed by atoms with Crippen LogP contribution in [0, 0.1) is 6.92 Å². The van der Waals surface area contributed by atoms with Crippen LogP contribution >= 0.6 is 0 Å². The molecule has 0 saturated heterocycles. The number of benzene rings is 1. The fraction of sp³-hybridized carbons (Fsp3) is 0.0556. The first kappa shape index (κ1) is 14.2. The molecule has 4 rings (SSSR count). The Labute approximate surface area is 139 Å². The second kappa shape index (κ2) is 6.00. The topological polar surface area (TPSA) is 78.5 Å². The fourth-order valence-corrected chi connectivity index (χ4v) is 2.42. The smallest absolute Gasteiger partial charge is 0.229 e. The summed E-state index contributed by atoms with van der Waals surface area (Å²) in [5.74, 6) is 1.30. The van der Waals surface area contributed by atoms with E-state index in [4.69, 9.17) is 0 Å². The van der Waals surface area contributed by atoms with Crippen LogP contribution in [0.2, 0.25) is 0 Å². The molecular weight excluding hydrogens is 300 g/mol. The number of hydrogen-bond donors (Lipinski definition) is 3. The second-order valence-corrected chi connectivity index (χ2v) is 5.48. The minimum absolute atomic E-state index is 0.524. The van der Waals surface area contributed by atoms with Crippen molar-refractivity contribution in [1.82, 2.24) is 19.9 Å². The monoisotopic (exact) mass is 316 g/mol. The maximum atomic E-state index is 4.56. The normalized spacial score (nSPS) is 10.7. The maximum absolute atomic E-state index is 4.56. The van der Waals surface area contributed by atoms with Crippen LogP contribution in [0.15, 0.2) is 61.1 Å². The Balaban J connectivity index is 1.60. The predicted molar refractivity (Wildman–Crippen MR) is 95.9 cm³/mol. The molecule has 3 heterocycles. The Kier molecular flexibility index (Phi) is 3.55. The highest BCUT2D eigenvalue weighted by atomic mass is 15.1. The molecule has 0 amide bonds. The van der Waals surface area contributed by atoms with E-state index in [9.17, 15) is 0 Å². The van der Waals surface area contributed by atoms with Crippen molar-refractivity contribution < 1.29 is 0 Å². The number of H-pyrrole nitrogens is 1. The molecule has 4 aromatic rings. The van der Waals surface area contributed by atoms with E-state index in [2.05, 4.69) is 30.6 Å². The minimum atomic E-state index is 0.524. The van der Waals surface area contributed by atoms with Crippen molar-refractivity contribution in [2.24, 2.45) is 0 Å². The number of rotatable bonds is 4. The molecule has 1 aromatic carbocycles. The first-order chi connectivity index (χ1) is 11.8. The van der Waals surface area contributed by atoms with Gasteiger partial charge in [0.2, 0.25) is 5.95 Å². The van der Waals surface area contributed by atoms with E-state index in [1.54, 1.807) is 12.4 Å². The number of anilines is 4. The third-order valence-corrected chi connectivity index (χ3v) is 3.66. The Bertz CT molecular complexity index is 977. The summed E-state index contributed by atoms with van der Waals surface area (Å²) in [6.07, 6.45) is 5.42. The number of aryl methyl sites for hydroxylation is 1. The van der Waals surface area contributed by atoms with Gasteiger partial charge in [-0.25, -0.2) is 9.97 Å². The van der Waals surface area contributed by atoms with E-state index in [1.807, 2.05) is 55.6 Å². The summed E-state index contributed by atoms with van der Waals surface area (Å²) in [7, 11) is 0. The molecule has 3 N–H and O–H groups in total. The number of aromatic nitrogens is 4. The van der Waals surface area contributed by atoms with Gasteiger partial charge in [-0.2, -0.15) is 4.98 Å². The van der Waals surface area contributed by atoms with Crippen LogP contribution in [0.5, 0.6) is 0 Å². The van der Waals surface area contributed by atoms with Gasteiger partial charge in [0.15, 0.2) is 0 Å². The van der Waals surface area contributed by atoms with Crippen LogP contribution in [0.3, 0.4) is 0 Å². The maximum Gasteiger partial charge on any atom is 0.229 e. The van der Waals surface area contributed by atoms with Gasteiger partial charge in [-0.15, -0.1) is 0 Å². The van der Waals surface area contributed by atoms with Crippen molar-refractivity contribution in [1.29, 1.82) is 0 Å². The molecule has 0 aliphatic rings. The Morgan fingerprint density at radius 1 is 0.917 bits per heavy atom. The van der Waals surface area contributed by atoms with Crippen molar-refractivity contribution >= 4 is 34.2 Å². The number of para-hydroxylation sites is 1. The lowest BCUT2D eigenvalue weighted by molar-refractivity contribution is 1.13. The molecule has 6 nitrogen and oxygen atoms in total. The van der Waals surface area contributed by atoms with Gasteiger partial charge in [-0.1, -0.05) is 18.2 Å². The van der Waals surface area contributed by atoms with Gasteiger partial charge in [0.25, 0.3) is 0 Å². The van der Waals surface area contributed by atoms with Crippen molar-refractivity contribution in [3.8, 4) is 0 Å². The van der Waals surface area contributed by atoms with E-state index in [-0.39, 0.29) is 0 Å². The summed E-state index contributed by atoms with van der Waals surface area (Å²) in [6, 6.07) is 13.9. The van der Waals surface area contributed by atoms with Gasteiger partial charge < -0.3 is 15.6 Å². The lowest BCUT2D eigenvalue weighted by Crippen LogP contribution is -2.02. The van der Waals surface area contributed by atoms with Crippen molar-refractivity contribution in [3.05, 3.63) is 66.6 Å². The highest BCUT2D eigenvalue weighted by molar-refractivity contribution is 5.79. The molecule has 0 atom stereocenters. The Morgan fingerprint density at radius 3 is 2.67 bits per heavy atom. The van der Waals surface area contributed by atoms with Crippen LogP contribution in [0.1, 0.15) is 5.56 Å². The summed E-state index contributed by atoms with van der Waals surface area (Å²) in [5, 5.41) is 7.55. The van der Waals surface area contributed by atoms with Crippen LogP contribution in [-0.4, -0.2) is 19.9 Å². The van der Waals surface area contributed by atoms with E-state index in [0.29, 0.717) is 5.95 Å². The zero-order valence-electron chi connectivity index (χ0n) is 13.1. The molecular formula is C18H16N6. The SMILES string of the molecule is Cc1cnc(Nc2cnc3[nH]ccc3c2)nc1Nc1ccccc1. The summed E-state index contributed by atoms with van der Waals surface area (Å²) in [6.45, 7) is 1.97. The zero-order chi connectivity index (χ0) is 16.4. The van der Waals surface area contributed by atoms with Gasteiger partial charge in [-0.3, -0.25) is 0 Å². The van der Waals surface area contributed by atoms with Gasteiger partial charge in [-0.05, 0) is 31.2 Å². The summed E-state index contributed by atoms with van der Waals surface area (Å²) >= 11 is 0. The van der Waals surface area contributed by atoms with Gasteiger partial charge in [0, 0.05) is 29.0 Å². The quantitative estimate of drug-likeness (QED) is 0.527. The summed E-state index contributed by atoms with van der Waals surface area (Å²) < 4.78 is 0. The van der Waals surface area contributed by atoms with Crippen LogP contribution < -0.4 is 10.6 Å². The number of hydrogen-bond acceptors (Lipinski definition) is 5. The minimum Gasteiger partial charge on any atom is -0.346 e. The molecule has 0 aliphatic heterocycles. The van der Waals surface area contributed by atoms with Crippen LogP contribution in [0.25, 0.3) is 11.0 Å². The average Bonchev–Trinajstić information content (AvgIpc) is 3.06. The van der Waals surface area contributed by atoms with Crippen LogP contribution in [0.4, 0.5) is 23.1 Å².